The molecule has 0 aliphatic carbocycles. The number of hydrogen-bond acceptors (Lipinski definition) is 4. The lowest BCUT2D eigenvalue weighted by atomic mass is 10.1. The molecule has 1 aromatic carbocycles. The van der Waals surface area contributed by atoms with E-state index >= 15 is 0 Å². The fourth-order valence-electron chi connectivity index (χ4n) is 0.945. The number of phenols is 1. The second-order valence-electron chi connectivity index (χ2n) is 2.34. The van der Waals surface area contributed by atoms with Crippen molar-refractivity contribution in [2.24, 2.45) is 0 Å². The Morgan fingerprint density at radius 3 is 2.83 bits per heavy atom. The number of hydroxylamine groups is 1. The maximum absolute atomic E-state index is 10.4. The molecule has 0 amide bonds. The van der Waals surface area contributed by atoms with Crippen LogP contribution in [0, 0.1) is 0 Å². The van der Waals surface area contributed by atoms with Crippen LogP contribution in [-0.2, 0) is 6.54 Å². The maximum Gasteiger partial charge on any atom is 0.150 e. The van der Waals surface area contributed by atoms with Crippen LogP contribution in [0.5, 0.6) is 5.75 Å². The fourth-order valence-corrected chi connectivity index (χ4v) is 0.945. The summed E-state index contributed by atoms with van der Waals surface area (Å²) in [6.07, 6.45) is 0.673. The topological polar surface area (TPSA) is 69.6 Å². The van der Waals surface area contributed by atoms with Gasteiger partial charge in [0.05, 0.1) is 0 Å². The SMILES string of the molecule is O=Cc1ccc(O)cc1CNO. The number of benzene rings is 1. The van der Waals surface area contributed by atoms with E-state index in [1.54, 1.807) is 0 Å². The highest BCUT2D eigenvalue weighted by Crippen LogP contribution is 2.14. The molecule has 64 valence electrons. The summed E-state index contributed by atoms with van der Waals surface area (Å²) in [7, 11) is 0. The lowest BCUT2D eigenvalue weighted by Crippen LogP contribution is -2.08. The van der Waals surface area contributed by atoms with E-state index in [0.717, 1.165) is 0 Å². The Kier molecular flexibility index (Phi) is 2.79. The molecule has 0 atom stereocenters. The van der Waals surface area contributed by atoms with Crippen molar-refractivity contribution in [3.63, 3.8) is 0 Å². The van der Waals surface area contributed by atoms with Crippen LogP contribution in [0.15, 0.2) is 18.2 Å². The first kappa shape index (κ1) is 8.70. The molecular formula is C8H9NO3. The summed E-state index contributed by atoms with van der Waals surface area (Å²) in [5.41, 5.74) is 2.93. The molecule has 0 heterocycles. The van der Waals surface area contributed by atoms with Crippen LogP contribution < -0.4 is 5.48 Å². The maximum atomic E-state index is 10.4. The highest BCUT2D eigenvalue weighted by Gasteiger charge is 2.01. The number of rotatable bonds is 3. The zero-order chi connectivity index (χ0) is 8.97. The summed E-state index contributed by atoms with van der Waals surface area (Å²) >= 11 is 0. The van der Waals surface area contributed by atoms with E-state index in [9.17, 15) is 4.79 Å². The second kappa shape index (κ2) is 3.85. The third kappa shape index (κ3) is 1.81. The summed E-state index contributed by atoms with van der Waals surface area (Å²) < 4.78 is 0. The van der Waals surface area contributed by atoms with Gasteiger partial charge in [0.15, 0.2) is 0 Å². The first-order valence-electron chi connectivity index (χ1n) is 3.42. The number of phenolic OH excluding ortho intramolecular Hbond substituents is 1. The molecule has 0 unspecified atom stereocenters. The molecule has 1 rings (SSSR count). The van der Waals surface area contributed by atoms with Crippen LogP contribution in [0.2, 0.25) is 0 Å². The van der Waals surface area contributed by atoms with Crippen molar-refractivity contribution in [2.45, 2.75) is 6.54 Å². The summed E-state index contributed by atoms with van der Waals surface area (Å²) in [5, 5.41) is 17.4. The second-order valence-corrected chi connectivity index (χ2v) is 2.34. The van der Waals surface area contributed by atoms with Gasteiger partial charge in [0.2, 0.25) is 0 Å². The highest BCUT2D eigenvalue weighted by molar-refractivity contribution is 5.77. The van der Waals surface area contributed by atoms with Crippen LogP contribution in [0.1, 0.15) is 15.9 Å². The molecule has 0 saturated carbocycles. The number of aldehydes is 1. The molecule has 0 radical (unpaired) electrons. The molecule has 12 heavy (non-hydrogen) atoms. The summed E-state index contributed by atoms with van der Waals surface area (Å²) in [6, 6.07) is 4.34. The molecule has 0 saturated heterocycles. The van der Waals surface area contributed by atoms with Crippen LogP contribution in [0.25, 0.3) is 0 Å². The smallest absolute Gasteiger partial charge is 0.150 e. The van der Waals surface area contributed by atoms with E-state index in [1.807, 2.05) is 5.48 Å². The Hall–Kier alpha value is -1.39. The van der Waals surface area contributed by atoms with Gasteiger partial charge in [-0.1, -0.05) is 0 Å². The molecule has 0 aliphatic heterocycles. The Bertz CT molecular complexity index is 286. The fraction of sp³-hybridized carbons (Fsp3) is 0.125. The zero-order valence-corrected chi connectivity index (χ0v) is 6.32. The van der Waals surface area contributed by atoms with Crippen molar-refractivity contribution in [2.75, 3.05) is 0 Å². The third-order valence-corrected chi connectivity index (χ3v) is 1.52. The van der Waals surface area contributed by atoms with Crippen molar-refractivity contribution in [3.05, 3.63) is 29.3 Å². The molecule has 1 aromatic rings. The lowest BCUT2D eigenvalue weighted by Gasteiger charge is -2.02. The summed E-state index contributed by atoms with van der Waals surface area (Å²) in [4.78, 5) is 10.4. The van der Waals surface area contributed by atoms with Crippen LogP contribution in [0.3, 0.4) is 0 Å². The van der Waals surface area contributed by atoms with Gasteiger partial charge in [0.25, 0.3) is 0 Å². The van der Waals surface area contributed by atoms with E-state index in [1.165, 1.54) is 18.2 Å². The van der Waals surface area contributed by atoms with E-state index in [4.69, 9.17) is 10.3 Å². The van der Waals surface area contributed by atoms with Crippen LogP contribution in [0.4, 0.5) is 0 Å². The molecule has 0 aliphatic rings. The largest absolute Gasteiger partial charge is 0.508 e. The Labute approximate surface area is 69.4 Å². The van der Waals surface area contributed by atoms with E-state index in [0.29, 0.717) is 17.4 Å². The van der Waals surface area contributed by atoms with Gasteiger partial charge < -0.3 is 10.3 Å². The molecule has 0 spiro atoms. The average molecular weight is 167 g/mol. The number of aromatic hydroxyl groups is 1. The minimum atomic E-state index is 0.0749. The minimum absolute atomic E-state index is 0.0749. The molecule has 0 bridgehead atoms. The molecule has 0 fully saturated rings. The van der Waals surface area contributed by atoms with Crippen molar-refractivity contribution in [1.29, 1.82) is 0 Å². The Morgan fingerprint density at radius 2 is 2.25 bits per heavy atom. The van der Waals surface area contributed by atoms with Gasteiger partial charge >= 0.3 is 0 Å². The molecular weight excluding hydrogens is 158 g/mol. The highest BCUT2D eigenvalue weighted by atomic mass is 16.5. The monoisotopic (exact) mass is 167 g/mol. The van der Waals surface area contributed by atoms with Crippen LogP contribution >= 0.6 is 0 Å². The van der Waals surface area contributed by atoms with Crippen LogP contribution in [-0.4, -0.2) is 16.6 Å². The van der Waals surface area contributed by atoms with Crippen molar-refractivity contribution in [1.82, 2.24) is 5.48 Å². The summed E-state index contributed by atoms with van der Waals surface area (Å²) in [5.74, 6) is 0.0749. The van der Waals surface area contributed by atoms with E-state index in [2.05, 4.69) is 0 Å². The van der Waals surface area contributed by atoms with Gasteiger partial charge in [-0.2, -0.15) is 0 Å². The van der Waals surface area contributed by atoms with Crippen molar-refractivity contribution >= 4 is 6.29 Å². The van der Waals surface area contributed by atoms with Gasteiger partial charge in [0.1, 0.15) is 12.0 Å². The molecule has 4 nitrogen and oxygen atoms in total. The number of nitrogens with one attached hydrogen (secondary N) is 1. The van der Waals surface area contributed by atoms with Gasteiger partial charge in [-0.3, -0.25) is 4.79 Å². The molecule has 0 aromatic heterocycles. The molecule has 4 heteroatoms. The summed E-state index contributed by atoms with van der Waals surface area (Å²) in [6.45, 7) is 0.141. The molecule has 3 N–H and O–H groups in total. The first-order chi connectivity index (χ1) is 5.77. The number of carbonyl (C=O) groups is 1. The standard InChI is InChI=1S/C8H9NO3/c10-5-6-1-2-8(11)3-7(6)4-9-12/h1-3,5,9,11-12H,4H2. The lowest BCUT2D eigenvalue weighted by molar-refractivity contribution is 0.112. The quantitative estimate of drug-likeness (QED) is 0.457. The number of hydrogen-bond donors (Lipinski definition) is 3. The Balaban J connectivity index is 3.03. The third-order valence-electron chi connectivity index (χ3n) is 1.52. The van der Waals surface area contributed by atoms with Crippen molar-refractivity contribution in [3.8, 4) is 5.75 Å². The van der Waals surface area contributed by atoms with Gasteiger partial charge in [0, 0.05) is 12.1 Å². The predicted octanol–water partition coefficient (Wildman–Crippen LogP) is 0.683. The van der Waals surface area contributed by atoms with Gasteiger partial charge in [-0.25, -0.2) is 5.48 Å². The normalized spacial score (nSPS) is 9.75. The average Bonchev–Trinajstić information content (AvgIpc) is 2.05. The minimum Gasteiger partial charge on any atom is -0.508 e. The zero-order valence-electron chi connectivity index (χ0n) is 6.32. The first-order valence-corrected chi connectivity index (χ1v) is 3.42. The van der Waals surface area contributed by atoms with Gasteiger partial charge in [-0.15, -0.1) is 0 Å². The van der Waals surface area contributed by atoms with E-state index < -0.39 is 0 Å². The predicted molar refractivity (Wildman–Crippen MR) is 42.1 cm³/mol. The van der Waals surface area contributed by atoms with Crippen molar-refractivity contribution < 1.29 is 15.1 Å². The van der Waals surface area contributed by atoms with E-state index in [-0.39, 0.29) is 12.3 Å². The number of carbonyl (C=O) groups excluding carboxylic acids is 1. The Morgan fingerprint density at radius 1 is 1.50 bits per heavy atom. The van der Waals surface area contributed by atoms with Gasteiger partial charge in [-0.05, 0) is 23.8 Å².